The molecule has 0 amide bonds. The van der Waals surface area contributed by atoms with Crippen molar-refractivity contribution in [3.05, 3.63) is 23.1 Å². The standard InChI is InChI=1S/C7H7FN4O2S/c8-3-11-2-5-9-4(7(13)14)1-6(15)12(5)10-11/h1-2,10,15H,3H2,(H,13,14). The second kappa shape index (κ2) is 3.55. The maximum Gasteiger partial charge on any atom is 0.354 e. The molecule has 0 bridgehead atoms. The fourth-order valence-corrected chi connectivity index (χ4v) is 1.44. The van der Waals surface area contributed by atoms with Crippen LogP contribution in [0, 0.1) is 0 Å². The summed E-state index contributed by atoms with van der Waals surface area (Å²) in [7, 11) is 0. The van der Waals surface area contributed by atoms with Crippen molar-refractivity contribution in [1.29, 1.82) is 0 Å². The van der Waals surface area contributed by atoms with Crippen molar-refractivity contribution < 1.29 is 14.3 Å². The lowest BCUT2D eigenvalue weighted by atomic mass is 10.3. The lowest BCUT2D eigenvalue weighted by Gasteiger charge is -2.23. The van der Waals surface area contributed by atoms with E-state index in [0.29, 0.717) is 5.03 Å². The molecule has 8 heteroatoms. The van der Waals surface area contributed by atoms with E-state index >= 15 is 0 Å². The summed E-state index contributed by atoms with van der Waals surface area (Å²) in [6.45, 7) is -0.751. The Morgan fingerprint density at radius 2 is 2.47 bits per heavy atom. The summed E-state index contributed by atoms with van der Waals surface area (Å²) < 4.78 is 12.3. The smallest absolute Gasteiger partial charge is 0.354 e. The molecule has 80 valence electrons. The van der Waals surface area contributed by atoms with Gasteiger partial charge in [-0.25, -0.2) is 19.2 Å². The van der Waals surface area contributed by atoms with E-state index in [1.807, 2.05) is 0 Å². The molecule has 0 atom stereocenters. The number of nitrogens with zero attached hydrogens (tertiary/aromatic N) is 3. The van der Waals surface area contributed by atoms with Gasteiger partial charge in [-0.3, -0.25) is 5.01 Å². The number of alkyl halides is 1. The molecular formula is C7H7FN4O2S. The average Bonchev–Trinajstić information content (AvgIpc) is 2.61. The molecule has 0 unspecified atom stereocenters. The van der Waals surface area contributed by atoms with E-state index in [4.69, 9.17) is 5.11 Å². The summed E-state index contributed by atoms with van der Waals surface area (Å²) in [5.41, 5.74) is 2.47. The van der Waals surface area contributed by atoms with Gasteiger partial charge in [0, 0.05) is 6.08 Å². The number of hydrogen-bond donors (Lipinski definition) is 3. The fourth-order valence-electron chi connectivity index (χ4n) is 1.17. The first-order valence-corrected chi connectivity index (χ1v) is 4.40. The number of fused-ring (bicyclic) bond motifs is 1. The summed E-state index contributed by atoms with van der Waals surface area (Å²) in [6, 6.07) is 0. The highest BCUT2D eigenvalue weighted by atomic mass is 32.1. The van der Waals surface area contributed by atoms with Gasteiger partial charge >= 0.3 is 5.97 Å². The predicted molar refractivity (Wildman–Crippen MR) is 53.0 cm³/mol. The van der Waals surface area contributed by atoms with Crippen LogP contribution in [-0.2, 0) is 4.79 Å². The number of carboxylic acids is 1. The second-order valence-electron chi connectivity index (χ2n) is 2.82. The molecule has 2 heterocycles. The highest BCUT2D eigenvalue weighted by Crippen LogP contribution is 2.24. The normalized spacial score (nSPS) is 19.5. The number of hydrazine groups is 2. The van der Waals surface area contributed by atoms with E-state index < -0.39 is 12.8 Å². The Labute approximate surface area is 89.7 Å². The third-order valence-corrected chi connectivity index (χ3v) is 2.14. The molecular weight excluding hydrogens is 223 g/mol. The number of rotatable bonds is 2. The Kier molecular flexibility index (Phi) is 2.37. The maximum atomic E-state index is 12.3. The van der Waals surface area contributed by atoms with E-state index in [9.17, 15) is 9.18 Å². The van der Waals surface area contributed by atoms with Crippen molar-refractivity contribution in [2.45, 2.75) is 0 Å². The van der Waals surface area contributed by atoms with E-state index in [0.717, 1.165) is 5.01 Å². The summed E-state index contributed by atoms with van der Waals surface area (Å²) in [5, 5.41) is 11.6. The number of halogens is 1. The molecule has 15 heavy (non-hydrogen) atoms. The fraction of sp³-hybridized carbons (Fsp3) is 0.143. The van der Waals surface area contributed by atoms with Crippen molar-refractivity contribution in [2.75, 3.05) is 6.80 Å². The van der Waals surface area contributed by atoms with Crippen LogP contribution in [0.3, 0.4) is 0 Å². The zero-order valence-corrected chi connectivity index (χ0v) is 8.28. The summed E-state index contributed by atoms with van der Waals surface area (Å²) in [6.07, 6.45) is 2.63. The van der Waals surface area contributed by atoms with Crippen molar-refractivity contribution in [3.63, 3.8) is 0 Å². The van der Waals surface area contributed by atoms with Crippen molar-refractivity contribution >= 4 is 24.3 Å². The molecule has 0 saturated carbocycles. The average molecular weight is 230 g/mol. The third kappa shape index (κ3) is 1.68. The number of aliphatic imine (C=N–C) groups is 1. The summed E-state index contributed by atoms with van der Waals surface area (Å²) >= 11 is 4.06. The lowest BCUT2D eigenvalue weighted by molar-refractivity contribution is -0.129. The number of thiol groups is 1. The van der Waals surface area contributed by atoms with Gasteiger partial charge in [-0.15, -0.1) is 18.2 Å². The first-order chi connectivity index (χ1) is 7.11. The Morgan fingerprint density at radius 3 is 3.07 bits per heavy atom. The van der Waals surface area contributed by atoms with Crippen LogP contribution < -0.4 is 5.53 Å². The third-order valence-electron chi connectivity index (χ3n) is 1.81. The minimum absolute atomic E-state index is 0.134. The first kappa shape index (κ1) is 9.99. The Balaban J connectivity index is 2.33. The van der Waals surface area contributed by atoms with Gasteiger partial charge in [0.25, 0.3) is 0 Å². The van der Waals surface area contributed by atoms with Crippen LogP contribution in [0.25, 0.3) is 0 Å². The summed E-state index contributed by atoms with van der Waals surface area (Å²) in [4.78, 5) is 14.5. The zero-order valence-electron chi connectivity index (χ0n) is 7.38. The van der Waals surface area contributed by atoms with Gasteiger partial charge in [0.1, 0.15) is 0 Å². The van der Waals surface area contributed by atoms with Gasteiger partial charge < -0.3 is 5.11 Å². The molecule has 0 aromatic carbocycles. The van der Waals surface area contributed by atoms with Crippen LogP contribution in [0.1, 0.15) is 0 Å². The number of hydrogen-bond acceptors (Lipinski definition) is 6. The van der Waals surface area contributed by atoms with Crippen LogP contribution in [0.2, 0.25) is 0 Å². The number of carbonyl (C=O) groups is 1. The number of nitrogens with one attached hydrogen (secondary N) is 1. The van der Waals surface area contributed by atoms with Gasteiger partial charge in [0.15, 0.2) is 18.3 Å². The summed E-state index contributed by atoms with van der Waals surface area (Å²) in [5.74, 6) is -0.863. The quantitative estimate of drug-likeness (QED) is 0.462. The minimum atomic E-state index is -1.15. The number of carboxylic acid groups (broad SMARTS) is 1. The number of aliphatic carboxylic acids is 1. The molecule has 0 aromatic rings. The van der Waals surface area contributed by atoms with Crippen molar-refractivity contribution in [2.24, 2.45) is 4.99 Å². The Morgan fingerprint density at radius 1 is 1.73 bits per heavy atom. The molecule has 0 fully saturated rings. The van der Waals surface area contributed by atoms with Crippen LogP contribution in [0.5, 0.6) is 0 Å². The lowest BCUT2D eigenvalue weighted by Crippen LogP contribution is -2.39. The highest BCUT2D eigenvalue weighted by molar-refractivity contribution is 7.84. The molecule has 0 aliphatic carbocycles. The van der Waals surface area contributed by atoms with Gasteiger partial charge in [-0.05, 0) is 0 Å². The largest absolute Gasteiger partial charge is 0.477 e. The maximum absolute atomic E-state index is 12.3. The van der Waals surface area contributed by atoms with Crippen LogP contribution in [-0.4, -0.2) is 33.6 Å². The van der Waals surface area contributed by atoms with Crippen molar-refractivity contribution in [3.8, 4) is 0 Å². The predicted octanol–water partition coefficient (Wildman–Crippen LogP) is 0.0599. The van der Waals surface area contributed by atoms with Crippen LogP contribution in [0.15, 0.2) is 28.1 Å². The SMILES string of the molecule is O=C(O)C1=NC2=CN(CF)NN2C(S)=C1. The molecule has 0 radical (unpaired) electrons. The van der Waals surface area contributed by atoms with E-state index in [1.165, 1.54) is 17.3 Å². The zero-order chi connectivity index (χ0) is 11.0. The van der Waals surface area contributed by atoms with E-state index in [1.54, 1.807) is 0 Å². The molecule has 0 spiro atoms. The molecule has 0 aromatic heterocycles. The van der Waals surface area contributed by atoms with Crippen LogP contribution in [0.4, 0.5) is 4.39 Å². The first-order valence-electron chi connectivity index (χ1n) is 3.95. The van der Waals surface area contributed by atoms with Gasteiger partial charge in [-0.1, -0.05) is 0 Å². The molecule has 6 nitrogen and oxygen atoms in total. The van der Waals surface area contributed by atoms with E-state index in [2.05, 4.69) is 23.2 Å². The topological polar surface area (TPSA) is 68.2 Å². The van der Waals surface area contributed by atoms with Gasteiger partial charge in [-0.2, -0.15) is 0 Å². The van der Waals surface area contributed by atoms with Crippen LogP contribution >= 0.6 is 12.6 Å². The van der Waals surface area contributed by atoms with Gasteiger partial charge in [0.2, 0.25) is 0 Å². The van der Waals surface area contributed by atoms with Gasteiger partial charge in [0.05, 0.1) is 11.2 Å². The second-order valence-corrected chi connectivity index (χ2v) is 3.27. The highest BCUT2D eigenvalue weighted by Gasteiger charge is 2.27. The molecule has 0 saturated heterocycles. The Hall–Kier alpha value is -1.54. The van der Waals surface area contributed by atoms with Crippen molar-refractivity contribution in [1.82, 2.24) is 15.6 Å². The van der Waals surface area contributed by atoms with E-state index in [-0.39, 0.29) is 11.5 Å². The Bertz CT molecular complexity index is 406. The molecule has 2 rings (SSSR count). The molecule has 2 aliphatic heterocycles. The molecule has 2 aliphatic rings. The monoisotopic (exact) mass is 230 g/mol. The molecule has 2 N–H and O–H groups in total. The minimum Gasteiger partial charge on any atom is -0.477 e.